The van der Waals surface area contributed by atoms with Gasteiger partial charge in [0.1, 0.15) is 11.5 Å². The van der Waals surface area contributed by atoms with E-state index in [0.717, 1.165) is 23.0 Å². The lowest BCUT2D eigenvalue weighted by atomic mass is 9.74. The lowest BCUT2D eigenvalue weighted by Gasteiger charge is -2.38. The molecule has 0 atom stereocenters. The molecule has 59 heavy (non-hydrogen) atoms. The number of hydrogen-bond donors (Lipinski definition) is 0. The topological polar surface area (TPSA) is 55.4 Å². The van der Waals surface area contributed by atoms with E-state index in [4.69, 9.17) is 18.9 Å². The van der Waals surface area contributed by atoms with Crippen LogP contribution in [0.4, 0.5) is 17.6 Å². The van der Waals surface area contributed by atoms with Crippen LogP contribution >= 0.6 is 0 Å². The van der Waals surface area contributed by atoms with Gasteiger partial charge in [0.2, 0.25) is 0 Å². The molecule has 2 heterocycles. The van der Waals surface area contributed by atoms with Crippen molar-refractivity contribution in [1.29, 1.82) is 0 Å². The second kappa shape index (κ2) is 26.8. The summed E-state index contributed by atoms with van der Waals surface area (Å²) in [7, 11) is 0. The standard InChI is InChI=1S/C25H38F2O3.C24H36F2O3/c1-2-3-4-5-6-7-8-19-9-11-20(12-10-19)22-17-28-24(29-18-22)21-13-15-23(16-14-21)30-25(26)27;1-2-3-4-5-6-7-18-8-10-19(11-9-18)21-16-27-23(28-17-21)20-12-14-22(15-13-20)29-24(25)26/h13-16,19-20,22,24-25H,2-12,17-18H2,1H3;12-15,18-19,21,23-24H,2-11,16-17H2,1H3/t19-,20-,22?,24?;18-,19-,21?,23?. The molecule has 2 aromatic rings. The van der Waals surface area contributed by atoms with Gasteiger partial charge < -0.3 is 28.4 Å². The van der Waals surface area contributed by atoms with Gasteiger partial charge in [-0.05, 0) is 73.6 Å². The van der Waals surface area contributed by atoms with Crippen LogP contribution in [0, 0.1) is 35.5 Å². The summed E-state index contributed by atoms with van der Waals surface area (Å²) in [5.41, 5.74) is 1.69. The first-order valence-electron chi connectivity index (χ1n) is 23.4. The first-order chi connectivity index (χ1) is 28.8. The van der Waals surface area contributed by atoms with Crippen LogP contribution in [0.5, 0.6) is 11.5 Å². The summed E-state index contributed by atoms with van der Waals surface area (Å²) in [6, 6.07) is 13.1. The SMILES string of the molecule is CCCCCCCC[C@H]1CC[C@H](C2COC(c3ccc(OC(F)F)cc3)OC2)CC1.CCCCCCC[C@H]1CC[C@H](C2COC(c3ccc(OC(F)F)cc3)OC2)CC1. The quantitative estimate of drug-likeness (QED) is 0.0922. The number of benzene rings is 2. The van der Waals surface area contributed by atoms with E-state index in [1.807, 2.05) is 0 Å². The predicted molar refractivity (Wildman–Crippen MR) is 225 cm³/mol. The fourth-order valence-electron chi connectivity index (χ4n) is 9.72. The van der Waals surface area contributed by atoms with Gasteiger partial charge in [0.15, 0.2) is 12.6 Å². The molecule has 0 N–H and O–H groups in total. The number of ether oxygens (including phenoxy) is 6. The first kappa shape index (κ1) is 47.6. The Morgan fingerprint density at radius 2 is 0.763 bits per heavy atom. The molecule has 2 saturated heterocycles. The van der Waals surface area contributed by atoms with Crippen molar-refractivity contribution in [1.82, 2.24) is 0 Å². The van der Waals surface area contributed by atoms with Gasteiger partial charge in [-0.15, -0.1) is 0 Å². The van der Waals surface area contributed by atoms with Gasteiger partial charge >= 0.3 is 13.2 Å². The third kappa shape index (κ3) is 17.1. The smallest absolute Gasteiger partial charge is 0.387 e. The van der Waals surface area contributed by atoms with Crippen molar-refractivity contribution in [2.45, 2.75) is 174 Å². The molecule has 0 amide bonds. The summed E-state index contributed by atoms with van der Waals surface area (Å²) in [4.78, 5) is 0. The minimum absolute atomic E-state index is 0.152. The van der Waals surface area contributed by atoms with Crippen LogP contribution in [0.1, 0.15) is 172 Å². The molecular weight excluding hydrogens is 761 g/mol. The molecule has 4 fully saturated rings. The fraction of sp³-hybridized carbons (Fsp3) is 0.755. The zero-order valence-electron chi connectivity index (χ0n) is 36.0. The first-order valence-corrected chi connectivity index (χ1v) is 23.4. The number of hydrogen-bond acceptors (Lipinski definition) is 6. The zero-order valence-corrected chi connectivity index (χ0v) is 36.0. The largest absolute Gasteiger partial charge is 0.435 e. The minimum Gasteiger partial charge on any atom is -0.435 e. The van der Waals surface area contributed by atoms with Crippen molar-refractivity contribution < 1.29 is 46.0 Å². The molecule has 2 aliphatic carbocycles. The molecule has 0 unspecified atom stereocenters. The molecule has 2 saturated carbocycles. The highest BCUT2D eigenvalue weighted by molar-refractivity contribution is 5.29. The Bertz CT molecular complexity index is 1350. The average Bonchev–Trinajstić information content (AvgIpc) is 3.26. The van der Waals surface area contributed by atoms with Crippen LogP contribution in [0.25, 0.3) is 0 Å². The number of halogens is 4. The number of rotatable bonds is 21. The molecule has 6 rings (SSSR count). The summed E-state index contributed by atoms with van der Waals surface area (Å²) in [5, 5.41) is 0. The predicted octanol–water partition coefficient (Wildman–Crippen LogP) is 14.6. The highest BCUT2D eigenvalue weighted by atomic mass is 19.3. The summed E-state index contributed by atoms with van der Waals surface area (Å²) >= 11 is 0. The fourth-order valence-corrected chi connectivity index (χ4v) is 9.72. The van der Waals surface area contributed by atoms with Crippen LogP contribution in [0.2, 0.25) is 0 Å². The molecule has 2 aromatic carbocycles. The van der Waals surface area contributed by atoms with Crippen molar-refractivity contribution in [2.75, 3.05) is 26.4 Å². The highest BCUT2D eigenvalue weighted by Crippen LogP contribution is 2.40. The molecule has 0 spiro atoms. The van der Waals surface area contributed by atoms with Crippen LogP contribution in [0.3, 0.4) is 0 Å². The van der Waals surface area contributed by atoms with E-state index in [1.165, 1.54) is 159 Å². The molecule has 0 bridgehead atoms. The van der Waals surface area contributed by atoms with Crippen molar-refractivity contribution in [3.8, 4) is 11.5 Å². The lowest BCUT2D eigenvalue weighted by molar-refractivity contribution is -0.215. The monoisotopic (exact) mass is 835 g/mol. The molecular formula is C49H74F4O6. The third-order valence-electron chi connectivity index (χ3n) is 13.4. The maximum atomic E-state index is 12.3. The molecule has 0 radical (unpaired) electrons. The van der Waals surface area contributed by atoms with E-state index < -0.39 is 25.8 Å². The van der Waals surface area contributed by atoms with Gasteiger partial charge in [0.05, 0.1) is 26.4 Å². The van der Waals surface area contributed by atoms with Crippen LogP contribution in [-0.4, -0.2) is 39.7 Å². The van der Waals surface area contributed by atoms with E-state index in [0.29, 0.717) is 50.1 Å². The summed E-state index contributed by atoms with van der Waals surface area (Å²) < 4.78 is 81.7. The van der Waals surface area contributed by atoms with Crippen molar-refractivity contribution >= 4 is 0 Å². The van der Waals surface area contributed by atoms with E-state index in [-0.39, 0.29) is 11.5 Å². The average molecular weight is 835 g/mol. The van der Waals surface area contributed by atoms with E-state index in [9.17, 15) is 17.6 Å². The number of alkyl halides is 4. The van der Waals surface area contributed by atoms with Gasteiger partial charge in [-0.25, -0.2) is 0 Å². The third-order valence-corrected chi connectivity index (χ3v) is 13.4. The van der Waals surface area contributed by atoms with Gasteiger partial charge in [-0.1, -0.05) is 147 Å². The van der Waals surface area contributed by atoms with Crippen LogP contribution < -0.4 is 9.47 Å². The highest BCUT2D eigenvalue weighted by Gasteiger charge is 2.34. The maximum absolute atomic E-state index is 12.3. The van der Waals surface area contributed by atoms with Gasteiger partial charge in [0.25, 0.3) is 0 Å². The van der Waals surface area contributed by atoms with Crippen molar-refractivity contribution in [3.63, 3.8) is 0 Å². The molecule has 10 heteroatoms. The Labute approximate surface area is 352 Å². The van der Waals surface area contributed by atoms with Gasteiger partial charge in [-0.3, -0.25) is 0 Å². The second-order valence-electron chi connectivity index (χ2n) is 17.7. The molecule has 334 valence electrons. The van der Waals surface area contributed by atoms with E-state index >= 15 is 0 Å². The molecule has 6 nitrogen and oxygen atoms in total. The van der Waals surface area contributed by atoms with Gasteiger partial charge in [0, 0.05) is 23.0 Å². The number of unbranched alkanes of at least 4 members (excludes halogenated alkanes) is 9. The summed E-state index contributed by atoms with van der Waals surface area (Å²) in [6.45, 7) is 1.79. The Hall–Kier alpha value is -2.40. The molecule has 0 aromatic heterocycles. The minimum atomic E-state index is -2.81. The van der Waals surface area contributed by atoms with Crippen LogP contribution in [-0.2, 0) is 18.9 Å². The normalized spacial score (nSPS) is 27.6. The Morgan fingerprint density at radius 3 is 1.08 bits per heavy atom. The Balaban J connectivity index is 0.000000224. The Morgan fingerprint density at radius 1 is 0.441 bits per heavy atom. The van der Waals surface area contributed by atoms with E-state index in [2.05, 4.69) is 23.3 Å². The molecule has 2 aliphatic heterocycles. The second-order valence-corrected chi connectivity index (χ2v) is 17.7. The zero-order chi connectivity index (χ0) is 41.7. The van der Waals surface area contributed by atoms with E-state index in [1.54, 1.807) is 24.3 Å². The lowest BCUT2D eigenvalue weighted by Crippen LogP contribution is -2.34. The summed E-state index contributed by atoms with van der Waals surface area (Å²) in [6.07, 6.45) is 27.8. The summed E-state index contributed by atoms with van der Waals surface area (Å²) in [5.74, 6) is 4.48. The Kier molecular flexibility index (Phi) is 21.7. The maximum Gasteiger partial charge on any atom is 0.387 e. The van der Waals surface area contributed by atoms with Gasteiger partial charge in [-0.2, -0.15) is 17.6 Å². The van der Waals surface area contributed by atoms with Crippen molar-refractivity contribution in [2.24, 2.45) is 35.5 Å². The van der Waals surface area contributed by atoms with Crippen molar-refractivity contribution in [3.05, 3.63) is 59.7 Å². The molecule has 4 aliphatic rings. The van der Waals surface area contributed by atoms with Crippen LogP contribution in [0.15, 0.2) is 48.5 Å².